The van der Waals surface area contributed by atoms with E-state index in [1.54, 1.807) is 6.07 Å². The maximum absolute atomic E-state index is 12.2. The summed E-state index contributed by atoms with van der Waals surface area (Å²) in [6, 6.07) is 14.9. The van der Waals surface area contributed by atoms with Gasteiger partial charge in [-0.25, -0.2) is 4.98 Å². The molecule has 0 radical (unpaired) electrons. The molecule has 2 N–H and O–H groups in total. The highest BCUT2D eigenvalue weighted by atomic mass is 16.2. The monoisotopic (exact) mass is 362 g/mol. The van der Waals surface area contributed by atoms with Gasteiger partial charge in [-0.2, -0.15) is 5.10 Å². The summed E-state index contributed by atoms with van der Waals surface area (Å²) >= 11 is 0. The predicted molar refractivity (Wildman–Crippen MR) is 105 cm³/mol. The number of anilines is 1. The number of ketones is 1. The van der Waals surface area contributed by atoms with Crippen LogP contribution in [-0.4, -0.2) is 26.9 Å². The van der Waals surface area contributed by atoms with Crippen molar-refractivity contribution in [3.8, 4) is 11.4 Å². The molecule has 1 amide bonds. The van der Waals surface area contributed by atoms with E-state index in [1.165, 1.54) is 5.56 Å². The Kier molecular flexibility index (Phi) is 5.76. The molecular formula is C21H22N4O2. The smallest absolute Gasteiger partial charge is 0.224 e. The maximum Gasteiger partial charge on any atom is 0.224 e. The number of H-pyrrole nitrogens is 1. The lowest BCUT2D eigenvalue weighted by molar-refractivity contribution is -0.116. The Balaban J connectivity index is 1.56. The molecule has 1 heterocycles. The average molecular weight is 362 g/mol. The summed E-state index contributed by atoms with van der Waals surface area (Å²) in [5.41, 5.74) is 3.29. The first kappa shape index (κ1) is 18.5. The molecule has 0 spiro atoms. The van der Waals surface area contributed by atoms with Gasteiger partial charge in [0.15, 0.2) is 11.6 Å². The Bertz CT molecular complexity index is 945. The molecule has 0 aliphatic heterocycles. The molecule has 6 nitrogen and oxygen atoms in total. The van der Waals surface area contributed by atoms with E-state index in [0.29, 0.717) is 17.1 Å². The third kappa shape index (κ3) is 4.88. The standard InChI is InChI=1S/C21H22N4O2/c1-3-15-7-9-16(10-8-15)19(26)11-12-20(27)23-18-6-4-5-17(13-18)21-22-14(2)24-25-21/h4-10,13H,3,11-12H2,1-2H3,(H,23,27)(H,22,24,25). The Hall–Kier alpha value is -3.28. The lowest BCUT2D eigenvalue weighted by Crippen LogP contribution is -2.13. The number of nitrogens with zero attached hydrogens (tertiary/aromatic N) is 2. The molecule has 0 saturated carbocycles. The van der Waals surface area contributed by atoms with Crippen LogP contribution in [0.1, 0.15) is 41.5 Å². The highest BCUT2D eigenvalue weighted by Crippen LogP contribution is 2.19. The molecule has 1 aromatic heterocycles. The highest BCUT2D eigenvalue weighted by Gasteiger charge is 2.11. The number of carbonyl (C=O) groups is 2. The third-order valence-electron chi connectivity index (χ3n) is 4.27. The van der Waals surface area contributed by atoms with E-state index in [1.807, 2.05) is 49.4 Å². The number of aryl methyl sites for hydroxylation is 2. The fraction of sp³-hybridized carbons (Fsp3) is 0.238. The molecule has 0 aliphatic carbocycles. The molecule has 0 atom stereocenters. The summed E-state index contributed by atoms with van der Waals surface area (Å²) in [5, 5.41) is 9.74. The average Bonchev–Trinajstić information content (AvgIpc) is 3.13. The van der Waals surface area contributed by atoms with Gasteiger partial charge in [0.2, 0.25) is 5.91 Å². The van der Waals surface area contributed by atoms with Crippen LogP contribution in [-0.2, 0) is 11.2 Å². The van der Waals surface area contributed by atoms with Gasteiger partial charge in [-0.3, -0.25) is 14.7 Å². The van der Waals surface area contributed by atoms with Gasteiger partial charge in [0.1, 0.15) is 5.82 Å². The van der Waals surface area contributed by atoms with Crippen LogP contribution in [0.25, 0.3) is 11.4 Å². The molecule has 3 aromatic rings. The van der Waals surface area contributed by atoms with Gasteiger partial charge < -0.3 is 5.32 Å². The fourth-order valence-corrected chi connectivity index (χ4v) is 2.73. The van der Waals surface area contributed by atoms with Crippen LogP contribution >= 0.6 is 0 Å². The number of aromatic nitrogens is 3. The van der Waals surface area contributed by atoms with Crippen molar-refractivity contribution in [3.63, 3.8) is 0 Å². The van der Waals surface area contributed by atoms with Crippen LogP contribution in [0, 0.1) is 6.92 Å². The third-order valence-corrected chi connectivity index (χ3v) is 4.27. The number of benzene rings is 2. The van der Waals surface area contributed by atoms with Gasteiger partial charge in [0.05, 0.1) is 0 Å². The van der Waals surface area contributed by atoms with Crippen LogP contribution in [0.3, 0.4) is 0 Å². The number of hydrogen-bond acceptors (Lipinski definition) is 4. The SMILES string of the molecule is CCc1ccc(C(=O)CCC(=O)Nc2cccc(-c3n[nH]c(C)n3)c2)cc1. The van der Waals surface area contributed by atoms with Gasteiger partial charge in [-0.1, -0.05) is 43.3 Å². The molecular weight excluding hydrogens is 340 g/mol. The van der Waals surface area contributed by atoms with E-state index in [4.69, 9.17) is 0 Å². The zero-order valence-corrected chi connectivity index (χ0v) is 15.5. The van der Waals surface area contributed by atoms with E-state index in [2.05, 4.69) is 27.4 Å². The summed E-state index contributed by atoms with van der Waals surface area (Å²) in [5.74, 6) is 1.08. The molecule has 0 bridgehead atoms. The summed E-state index contributed by atoms with van der Waals surface area (Å²) in [4.78, 5) is 28.7. The molecule has 0 aliphatic rings. The van der Waals surface area contributed by atoms with E-state index in [0.717, 1.165) is 17.8 Å². The Morgan fingerprint density at radius 3 is 2.52 bits per heavy atom. The van der Waals surface area contributed by atoms with E-state index >= 15 is 0 Å². The predicted octanol–water partition coefficient (Wildman–Crippen LogP) is 3.94. The second-order valence-corrected chi connectivity index (χ2v) is 6.35. The molecule has 2 aromatic carbocycles. The molecule has 0 unspecified atom stereocenters. The van der Waals surface area contributed by atoms with Crippen molar-refractivity contribution < 1.29 is 9.59 Å². The highest BCUT2D eigenvalue weighted by molar-refractivity contribution is 6.00. The first-order valence-electron chi connectivity index (χ1n) is 8.96. The Labute approximate surface area is 158 Å². The first-order valence-corrected chi connectivity index (χ1v) is 8.96. The quantitative estimate of drug-likeness (QED) is 0.623. The first-order chi connectivity index (χ1) is 13.0. The normalized spacial score (nSPS) is 10.6. The molecule has 0 saturated heterocycles. The number of carbonyl (C=O) groups excluding carboxylic acids is 2. The van der Waals surface area contributed by atoms with E-state index in [9.17, 15) is 9.59 Å². The molecule has 138 valence electrons. The number of hydrogen-bond donors (Lipinski definition) is 2. The van der Waals surface area contributed by atoms with Crippen LogP contribution in [0.15, 0.2) is 48.5 Å². The van der Waals surface area contributed by atoms with Crippen molar-refractivity contribution in [2.24, 2.45) is 0 Å². The largest absolute Gasteiger partial charge is 0.326 e. The molecule has 3 rings (SSSR count). The summed E-state index contributed by atoms with van der Waals surface area (Å²) in [7, 11) is 0. The van der Waals surface area contributed by atoms with Gasteiger partial charge in [0.25, 0.3) is 0 Å². The lowest BCUT2D eigenvalue weighted by Gasteiger charge is -2.06. The Morgan fingerprint density at radius 2 is 1.85 bits per heavy atom. The molecule has 27 heavy (non-hydrogen) atoms. The van der Waals surface area contributed by atoms with Crippen LogP contribution in [0.2, 0.25) is 0 Å². The van der Waals surface area contributed by atoms with Crippen LogP contribution < -0.4 is 5.32 Å². The van der Waals surface area contributed by atoms with Crippen LogP contribution in [0.5, 0.6) is 0 Å². The zero-order valence-electron chi connectivity index (χ0n) is 15.5. The second kappa shape index (κ2) is 8.40. The number of Topliss-reactive ketones (excluding diaryl/α,β-unsaturated/α-hetero) is 1. The van der Waals surface area contributed by atoms with Crippen molar-refractivity contribution in [3.05, 3.63) is 65.5 Å². The number of rotatable bonds is 7. The van der Waals surface area contributed by atoms with Crippen molar-refractivity contribution >= 4 is 17.4 Å². The summed E-state index contributed by atoms with van der Waals surface area (Å²) in [6.07, 6.45) is 1.25. The minimum absolute atomic E-state index is 0.0299. The molecule has 6 heteroatoms. The second-order valence-electron chi connectivity index (χ2n) is 6.35. The zero-order chi connectivity index (χ0) is 19.2. The van der Waals surface area contributed by atoms with Crippen LogP contribution in [0.4, 0.5) is 5.69 Å². The Morgan fingerprint density at radius 1 is 1.07 bits per heavy atom. The topological polar surface area (TPSA) is 87.7 Å². The minimum atomic E-state index is -0.197. The molecule has 0 fully saturated rings. The number of nitrogens with one attached hydrogen (secondary N) is 2. The van der Waals surface area contributed by atoms with Crippen molar-refractivity contribution in [1.82, 2.24) is 15.2 Å². The lowest BCUT2D eigenvalue weighted by atomic mass is 10.0. The van der Waals surface area contributed by atoms with Gasteiger partial charge in [-0.05, 0) is 31.0 Å². The van der Waals surface area contributed by atoms with Gasteiger partial charge >= 0.3 is 0 Å². The van der Waals surface area contributed by atoms with Gasteiger partial charge in [0, 0.05) is 29.7 Å². The summed E-state index contributed by atoms with van der Waals surface area (Å²) < 4.78 is 0. The minimum Gasteiger partial charge on any atom is -0.326 e. The van der Waals surface area contributed by atoms with Crippen molar-refractivity contribution in [2.45, 2.75) is 33.1 Å². The van der Waals surface area contributed by atoms with Crippen molar-refractivity contribution in [2.75, 3.05) is 5.32 Å². The fourth-order valence-electron chi connectivity index (χ4n) is 2.73. The number of amides is 1. The van der Waals surface area contributed by atoms with Crippen molar-refractivity contribution in [1.29, 1.82) is 0 Å². The maximum atomic E-state index is 12.2. The van der Waals surface area contributed by atoms with Gasteiger partial charge in [-0.15, -0.1) is 0 Å². The summed E-state index contributed by atoms with van der Waals surface area (Å²) in [6.45, 7) is 3.90. The van der Waals surface area contributed by atoms with E-state index in [-0.39, 0.29) is 24.5 Å². The van der Waals surface area contributed by atoms with E-state index < -0.39 is 0 Å². The number of aromatic amines is 1.